The lowest BCUT2D eigenvalue weighted by atomic mass is 10.1. The molecule has 0 bridgehead atoms. The summed E-state index contributed by atoms with van der Waals surface area (Å²) in [6, 6.07) is 7.46. The minimum absolute atomic E-state index is 0.0946. The van der Waals surface area contributed by atoms with E-state index >= 15 is 0 Å². The van der Waals surface area contributed by atoms with Crippen LogP contribution >= 0.6 is 0 Å². The van der Waals surface area contributed by atoms with Crippen LogP contribution < -0.4 is 4.74 Å². The Balaban J connectivity index is 1.74. The molecule has 3 rings (SSSR count). The molecule has 0 fully saturated rings. The molecular weight excluding hydrogens is 391 g/mol. The third-order valence-corrected chi connectivity index (χ3v) is 3.90. The Labute approximate surface area is 154 Å². The smallest absolute Gasteiger partial charge is 0.312 e. The lowest BCUT2D eigenvalue weighted by Crippen LogP contribution is -2.51. The van der Waals surface area contributed by atoms with E-state index in [-0.39, 0.29) is 17.4 Å². The maximum atomic E-state index is 13.2. The normalized spacial score (nSPS) is 19.4. The van der Waals surface area contributed by atoms with Crippen LogP contribution in [0, 0.1) is 5.82 Å². The van der Waals surface area contributed by atoms with E-state index in [1.807, 2.05) is 0 Å². The van der Waals surface area contributed by atoms with Crippen molar-refractivity contribution in [2.24, 2.45) is 5.10 Å². The van der Waals surface area contributed by atoms with Gasteiger partial charge in [0.25, 0.3) is 12.9 Å². The van der Waals surface area contributed by atoms with Gasteiger partial charge in [-0.2, -0.15) is 10.1 Å². The van der Waals surface area contributed by atoms with Crippen molar-refractivity contribution in [1.82, 2.24) is 5.01 Å². The molecule has 28 heavy (non-hydrogen) atoms. The molecule has 0 saturated heterocycles. The van der Waals surface area contributed by atoms with Gasteiger partial charge in [0.2, 0.25) is 5.72 Å². The standard InChI is InChI=1S/C17H13F5N2O4/c18-9-1-3-10(4-2-9)27-8-11-5-6-13(28-11)15(25)24-17(26,16(21)22)7-12(23-24)14(19)20/h1-6,14,16,26H,7-8H2. The largest absolute Gasteiger partial charge is 0.486 e. The number of hydrogen-bond acceptors (Lipinski definition) is 5. The molecule has 2 aromatic rings. The molecule has 0 saturated carbocycles. The van der Waals surface area contributed by atoms with Gasteiger partial charge in [-0.05, 0) is 36.4 Å². The number of hydrogen-bond donors (Lipinski definition) is 1. The van der Waals surface area contributed by atoms with Crippen LogP contribution in [0.5, 0.6) is 5.75 Å². The van der Waals surface area contributed by atoms with Crippen LogP contribution in [0.1, 0.15) is 22.7 Å². The molecule has 0 radical (unpaired) electrons. The summed E-state index contributed by atoms with van der Waals surface area (Å²) in [5, 5.41) is 13.0. The summed E-state index contributed by atoms with van der Waals surface area (Å²) in [7, 11) is 0. The quantitative estimate of drug-likeness (QED) is 0.749. The van der Waals surface area contributed by atoms with Crippen LogP contribution in [0.4, 0.5) is 22.0 Å². The molecular formula is C17H13F5N2O4. The number of halogens is 5. The van der Waals surface area contributed by atoms with Crippen LogP contribution in [0.3, 0.4) is 0 Å². The Morgan fingerprint density at radius 2 is 1.89 bits per heavy atom. The SMILES string of the molecule is O=C(c1ccc(COc2ccc(F)cc2)o1)N1N=C(C(F)F)CC1(O)C(F)F. The van der Waals surface area contributed by atoms with E-state index in [9.17, 15) is 31.9 Å². The number of furan rings is 1. The molecule has 1 aromatic heterocycles. The van der Waals surface area contributed by atoms with Crippen molar-refractivity contribution in [3.8, 4) is 5.75 Å². The van der Waals surface area contributed by atoms with Gasteiger partial charge in [-0.15, -0.1) is 0 Å². The lowest BCUT2D eigenvalue weighted by molar-refractivity contribution is -0.164. The zero-order valence-electron chi connectivity index (χ0n) is 14.0. The van der Waals surface area contributed by atoms with Crippen molar-refractivity contribution in [3.05, 3.63) is 53.7 Å². The van der Waals surface area contributed by atoms with Crippen LogP contribution in [0.2, 0.25) is 0 Å². The second-order valence-electron chi connectivity index (χ2n) is 5.87. The van der Waals surface area contributed by atoms with E-state index in [1.165, 1.54) is 30.3 Å². The van der Waals surface area contributed by atoms with Crippen LogP contribution in [0.25, 0.3) is 0 Å². The number of benzene rings is 1. The van der Waals surface area contributed by atoms with Crippen molar-refractivity contribution in [3.63, 3.8) is 0 Å². The van der Waals surface area contributed by atoms with Gasteiger partial charge >= 0.3 is 5.91 Å². The maximum Gasteiger partial charge on any atom is 0.312 e. The first-order chi connectivity index (χ1) is 13.2. The van der Waals surface area contributed by atoms with Crippen LogP contribution in [0.15, 0.2) is 45.9 Å². The number of carbonyl (C=O) groups is 1. The van der Waals surface area contributed by atoms with E-state index in [0.717, 1.165) is 6.07 Å². The van der Waals surface area contributed by atoms with Crippen molar-refractivity contribution in [1.29, 1.82) is 0 Å². The number of hydrazone groups is 1. The lowest BCUT2D eigenvalue weighted by Gasteiger charge is -2.29. The van der Waals surface area contributed by atoms with Gasteiger partial charge in [0.15, 0.2) is 5.76 Å². The molecule has 1 N–H and O–H groups in total. The Kier molecular flexibility index (Phi) is 5.36. The Hall–Kier alpha value is -2.95. The predicted octanol–water partition coefficient (Wildman–Crippen LogP) is 3.42. The summed E-state index contributed by atoms with van der Waals surface area (Å²) in [5.41, 5.74) is -4.23. The van der Waals surface area contributed by atoms with Crippen LogP contribution in [-0.2, 0) is 6.61 Å². The third-order valence-electron chi connectivity index (χ3n) is 3.90. The first-order valence-corrected chi connectivity index (χ1v) is 7.88. The molecule has 1 aliphatic rings. The van der Waals surface area contributed by atoms with Gasteiger partial charge in [-0.25, -0.2) is 22.0 Å². The number of carbonyl (C=O) groups excluding carboxylic acids is 1. The molecule has 0 spiro atoms. The Morgan fingerprint density at radius 1 is 1.21 bits per heavy atom. The van der Waals surface area contributed by atoms with E-state index in [2.05, 4.69) is 5.10 Å². The van der Waals surface area contributed by atoms with Gasteiger partial charge in [-0.1, -0.05) is 0 Å². The highest BCUT2D eigenvalue weighted by Crippen LogP contribution is 2.34. The number of alkyl halides is 4. The fourth-order valence-electron chi connectivity index (χ4n) is 2.46. The Bertz CT molecular complexity index is 884. The number of rotatable bonds is 6. The van der Waals surface area contributed by atoms with Gasteiger partial charge in [0.05, 0.1) is 0 Å². The van der Waals surface area contributed by atoms with Crippen molar-refractivity contribution in [2.45, 2.75) is 31.6 Å². The number of nitrogens with zero attached hydrogens (tertiary/aromatic N) is 2. The van der Waals surface area contributed by atoms with Gasteiger partial charge in [0, 0.05) is 6.42 Å². The predicted molar refractivity (Wildman–Crippen MR) is 84.6 cm³/mol. The summed E-state index contributed by atoms with van der Waals surface area (Å²) >= 11 is 0. The molecule has 1 aliphatic heterocycles. The minimum Gasteiger partial charge on any atom is -0.486 e. The second-order valence-corrected chi connectivity index (χ2v) is 5.87. The monoisotopic (exact) mass is 404 g/mol. The maximum absolute atomic E-state index is 13.2. The highest BCUT2D eigenvalue weighted by atomic mass is 19.3. The summed E-state index contributed by atoms with van der Waals surface area (Å²) in [6.45, 7) is -0.177. The summed E-state index contributed by atoms with van der Waals surface area (Å²) < 4.78 is 75.3. The zero-order valence-corrected chi connectivity index (χ0v) is 14.0. The van der Waals surface area contributed by atoms with Gasteiger partial charge in [0.1, 0.15) is 29.6 Å². The number of amides is 1. The first-order valence-electron chi connectivity index (χ1n) is 7.88. The van der Waals surface area contributed by atoms with Crippen LogP contribution in [-0.4, -0.2) is 40.3 Å². The van der Waals surface area contributed by atoms with Crippen molar-refractivity contribution >= 4 is 11.6 Å². The molecule has 1 atom stereocenters. The average Bonchev–Trinajstić information content (AvgIpc) is 3.26. The summed E-state index contributed by atoms with van der Waals surface area (Å²) in [4.78, 5) is 12.4. The zero-order chi connectivity index (χ0) is 20.5. The van der Waals surface area contributed by atoms with E-state index in [0.29, 0.717) is 5.75 Å². The molecule has 2 heterocycles. The number of aliphatic hydroxyl groups is 1. The van der Waals surface area contributed by atoms with E-state index in [1.54, 1.807) is 0 Å². The first kappa shape index (κ1) is 19.8. The molecule has 1 unspecified atom stereocenters. The topological polar surface area (TPSA) is 75.3 Å². The van der Waals surface area contributed by atoms with E-state index in [4.69, 9.17) is 9.15 Å². The highest BCUT2D eigenvalue weighted by molar-refractivity contribution is 5.97. The van der Waals surface area contributed by atoms with Gasteiger partial charge < -0.3 is 14.3 Å². The molecule has 150 valence electrons. The van der Waals surface area contributed by atoms with Gasteiger partial charge in [-0.3, -0.25) is 4.79 Å². The molecule has 0 aliphatic carbocycles. The molecule has 1 amide bonds. The second kappa shape index (κ2) is 7.58. The highest BCUT2D eigenvalue weighted by Gasteiger charge is 2.53. The Morgan fingerprint density at radius 3 is 2.50 bits per heavy atom. The number of ether oxygens (including phenoxy) is 1. The molecule has 1 aromatic carbocycles. The third kappa shape index (κ3) is 3.84. The minimum atomic E-state index is -3.53. The summed E-state index contributed by atoms with van der Waals surface area (Å²) in [6.07, 6.45) is -7.93. The summed E-state index contributed by atoms with van der Waals surface area (Å²) in [5.74, 6) is -1.87. The van der Waals surface area contributed by atoms with Crippen molar-refractivity contribution < 1.29 is 41.0 Å². The average molecular weight is 404 g/mol. The fourth-order valence-corrected chi connectivity index (χ4v) is 2.46. The molecule has 11 heteroatoms. The van der Waals surface area contributed by atoms with Crippen molar-refractivity contribution in [2.75, 3.05) is 0 Å². The van der Waals surface area contributed by atoms with E-state index < -0.39 is 48.2 Å². The fraction of sp³-hybridized carbons (Fsp3) is 0.294. The molecule has 6 nitrogen and oxygen atoms in total.